The first-order valence-corrected chi connectivity index (χ1v) is 10.4. The number of hydrogen-bond donors (Lipinski definition) is 3. The van der Waals surface area contributed by atoms with Crippen LogP contribution in [0.3, 0.4) is 0 Å². The number of amides is 1. The van der Waals surface area contributed by atoms with Gasteiger partial charge in [-0.3, -0.25) is 9.78 Å². The highest BCUT2D eigenvalue weighted by atomic mass is 32.2. The van der Waals surface area contributed by atoms with E-state index in [0.717, 1.165) is 28.1 Å². The molecule has 0 radical (unpaired) electrons. The van der Waals surface area contributed by atoms with Crippen LogP contribution in [0.5, 0.6) is 0 Å². The van der Waals surface area contributed by atoms with Gasteiger partial charge in [0.2, 0.25) is 0 Å². The predicted molar refractivity (Wildman–Crippen MR) is 103 cm³/mol. The van der Waals surface area contributed by atoms with E-state index < -0.39 is 9.73 Å². The van der Waals surface area contributed by atoms with Gasteiger partial charge in [0.15, 0.2) is 5.82 Å². The molecule has 27 heavy (non-hydrogen) atoms. The lowest BCUT2D eigenvalue weighted by Gasteiger charge is -2.11. The van der Waals surface area contributed by atoms with Crippen molar-refractivity contribution in [1.82, 2.24) is 20.3 Å². The van der Waals surface area contributed by atoms with Crippen molar-refractivity contribution in [2.45, 2.75) is 25.3 Å². The quantitative estimate of drug-likeness (QED) is 0.647. The number of carbonyl (C=O) groups is 1. The van der Waals surface area contributed by atoms with Gasteiger partial charge < -0.3 is 10.3 Å². The first-order valence-electron chi connectivity index (χ1n) is 8.43. The van der Waals surface area contributed by atoms with E-state index in [1.807, 2.05) is 32.0 Å². The van der Waals surface area contributed by atoms with Gasteiger partial charge in [-0.2, -0.15) is 0 Å². The monoisotopic (exact) mass is 381 g/mol. The summed E-state index contributed by atoms with van der Waals surface area (Å²) in [7, 11) is -3.05. The highest BCUT2D eigenvalue weighted by molar-refractivity contribution is 7.91. The minimum absolute atomic E-state index is 0.271. The molecule has 2 aromatic heterocycles. The van der Waals surface area contributed by atoms with Gasteiger partial charge in [0.1, 0.15) is 5.69 Å². The van der Waals surface area contributed by atoms with Crippen LogP contribution in [0.15, 0.2) is 35.4 Å². The van der Waals surface area contributed by atoms with Crippen molar-refractivity contribution in [3.63, 3.8) is 0 Å². The number of aromatic amines is 1. The molecular weight excluding hydrogens is 362 g/mol. The van der Waals surface area contributed by atoms with E-state index in [1.54, 1.807) is 12.3 Å². The lowest BCUT2D eigenvalue weighted by atomic mass is 10.0. The Hall–Kier alpha value is -3.00. The van der Waals surface area contributed by atoms with Crippen molar-refractivity contribution in [3.05, 3.63) is 53.0 Å². The third kappa shape index (κ3) is 3.02. The molecule has 0 saturated carbocycles. The van der Waals surface area contributed by atoms with Crippen molar-refractivity contribution in [1.29, 1.82) is 4.78 Å². The average Bonchev–Trinajstić information content (AvgIpc) is 3.16. The number of aromatic nitrogens is 3. The van der Waals surface area contributed by atoms with Gasteiger partial charge >= 0.3 is 0 Å². The fraction of sp³-hybridized carbons (Fsp3) is 0.211. The van der Waals surface area contributed by atoms with E-state index in [2.05, 4.69) is 20.3 Å². The first-order chi connectivity index (χ1) is 12.7. The molecule has 0 fully saturated rings. The number of imidazole rings is 1. The second kappa shape index (κ2) is 6.02. The van der Waals surface area contributed by atoms with Crippen molar-refractivity contribution in [2.24, 2.45) is 0 Å². The molecule has 0 saturated heterocycles. The number of pyridine rings is 1. The van der Waals surface area contributed by atoms with Gasteiger partial charge in [0.05, 0.1) is 25.9 Å². The van der Waals surface area contributed by atoms with Crippen LogP contribution in [-0.4, -0.2) is 31.3 Å². The van der Waals surface area contributed by atoms with Gasteiger partial charge in [-0.1, -0.05) is 0 Å². The Labute approximate surface area is 157 Å². The van der Waals surface area contributed by atoms with Gasteiger partial charge in [0, 0.05) is 24.7 Å². The number of nitrogens with one attached hydrogen (secondary N) is 3. The number of rotatable bonds is 3. The molecule has 1 amide bonds. The summed E-state index contributed by atoms with van der Waals surface area (Å²) in [4.78, 5) is 24.5. The summed E-state index contributed by atoms with van der Waals surface area (Å²) in [6.45, 7) is 4.26. The Bertz CT molecular complexity index is 1180. The fourth-order valence-electron chi connectivity index (χ4n) is 3.22. The van der Waals surface area contributed by atoms with Crippen LogP contribution in [0, 0.1) is 18.6 Å². The molecule has 3 heterocycles. The number of benzene rings is 1. The molecule has 1 unspecified atom stereocenters. The molecule has 7 nitrogen and oxygen atoms in total. The second-order valence-corrected chi connectivity index (χ2v) is 8.89. The Balaban J connectivity index is 1.88. The zero-order valence-electron chi connectivity index (χ0n) is 15.2. The molecule has 1 atom stereocenters. The standard InChI is InChI=1S/C19H19N5O2S/c1-10-11(2)24-18(23-10)15-7-12(4-5-21-15)13-6-14-9-22-19(25)17(14)16(8-13)27(3,20)26/h4-8,20H,9H2,1-3H3,(H,22,25)(H,23,24). The summed E-state index contributed by atoms with van der Waals surface area (Å²) in [5.74, 6) is 0.412. The minimum atomic E-state index is -3.05. The van der Waals surface area contributed by atoms with Crippen molar-refractivity contribution in [2.75, 3.05) is 6.26 Å². The van der Waals surface area contributed by atoms with E-state index in [0.29, 0.717) is 23.6 Å². The first kappa shape index (κ1) is 17.4. The molecule has 0 aliphatic carbocycles. The zero-order chi connectivity index (χ0) is 19.3. The number of fused-ring (bicyclic) bond motifs is 1. The van der Waals surface area contributed by atoms with Crippen molar-refractivity contribution >= 4 is 15.6 Å². The lowest BCUT2D eigenvalue weighted by Crippen LogP contribution is -2.14. The van der Waals surface area contributed by atoms with E-state index in [9.17, 15) is 9.00 Å². The Morgan fingerprint density at radius 2 is 1.96 bits per heavy atom. The lowest BCUT2D eigenvalue weighted by molar-refractivity contribution is 0.0963. The van der Waals surface area contributed by atoms with Crippen LogP contribution in [0.25, 0.3) is 22.6 Å². The molecule has 1 aliphatic heterocycles. The Morgan fingerprint density at radius 1 is 1.19 bits per heavy atom. The molecule has 0 bridgehead atoms. The molecule has 1 aromatic carbocycles. The molecule has 3 N–H and O–H groups in total. The van der Waals surface area contributed by atoms with E-state index >= 15 is 0 Å². The molecule has 0 spiro atoms. The average molecular weight is 381 g/mol. The third-order valence-corrected chi connectivity index (χ3v) is 5.90. The Kier molecular flexibility index (Phi) is 3.88. The maximum atomic E-state index is 12.5. The van der Waals surface area contributed by atoms with Crippen LogP contribution in [0.2, 0.25) is 0 Å². The number of aryl methyl sites for hydroxylation is 2. The molecule has 138 valence electrons. The predicted octanol–water partition coefficient (Wildman–Crippen LogP) is 3.03. The van der Waals surface area contributed by atoms with Gasteiger partial charge in [-0.15, -0.1) is 0 Å². The number of carbonyl (C=O) groups excluding carboxylic acids is 1. The van der Waals surface area contributed by atoms with Crippen LogP contribution >= 0.6 is 0 Å². The number of hydrogen-bond acceptors (Lipinski definition) is 5. The smallest absolute Gasteiger partial charge is 0.253 e. The molecule has 8 heteroatoms. The minimum Gasteiger partial charge on any atom is -0.348 e. The molecular formula is C19H19N5O2S. The summed E-state index contributed by atoms with van der Waals surface area (Å²) >= 11 is 0. The van der Waals surface area contributed by atoms with Crippen molar-refractivity contribution in [3.8, 4) is 22.6 Å². The summed E-state index contributed by atoms with van der Waals surface area (Å²) < 4.78 is 20.5. The van der Waals surface area contributed by atoms with Crippen LogP contribution in [0.4, 0.5) is 0 Å². The summed E-state index contributed by atoms with van der Waals surface area (Å²) in [5.41, 5.74) is 5.39. The van der Waals surface area contributed by atoms with Crippen molar-refractivity contribution < 1.29 is 9.00 Å². The Morgan fingerprint density at radius 3 is 2.63 bits per heavy atom. The number of nitrogens with zero attached hydrogens (tertiary/aromatic N) is 2. The van der Waals surface area contributed by atoms with E-state index in [4.69, 9.17) is 4.78 Å². The maximum Gasteiger partial charge on any atom is 0.253 e. The highest BCUT2D eigenvalue weighted by Crippen LogP contribution is 2.32. The SMILES string of the molecule is Cc1nc(-c2cc(-c3cc4c(c(S(C)(=N)=O)c3)C(=O)NC4)ccn2)[nH]c1C. The maximum absolute atomic E-state index is 12.5. The summed E-state index contributed by atoms with van der Waals surface area (Å²) in [5, 5.41) is 2.75. The summed E-state index contributed by atoms with van der Waals surface area (Å²) in [6.07, 6.45) is 3.03. The van der Waals surface area contributed by atoms with Gasteiger partial charge in [-0.25, -0.2) is 14.0 Å². The van der Waals surface area contributed by atoms with E-state index in [1.165, 1.54) is 6.26 Å². The normalized spacial score (nSPS) is 15.3. The molecule has 4 rings (SSSR count). The largest absolute Gasteiger partial charge is 0.348 e. The van der Waals surface area contributed by atoms with Crippen LogP contribution in [0.1, 0.15) is 27.3 Å². The number of H-pyrrole nitrogens is 1. The third-order valence-electron chi connectivity index (χ3n) is 4.73. The van der Waals surface area contributed by atoms with Crippen LogP contribution in [-0.2, 0) is 16.3 Å². The van der Waals surface area contributed by atoms with Gasteiger partial charge in [-0.05, 0) is 54.8 Å². The zero-order valence-corrected chi connectivity index (χ0v) is 16.0. The second-order valence-electron chi connectivity index (χ2n) is 6.76. The molecule has 3 aromatic rings. The molecule has 1 aliphatic rings. The van der Waals surface area contributed by atoms with E-state index in [-0.39, 0.29) is 10.8 Å². The topological polar surface area (TPSA) is 112 Å². The van der Waals surface area contributed by atoms with Crippen LogP contribution < -0.4 is 5.32 Å². The fourth-order valence-corrected chi connectivity index (χ4v) is 4.18. The highest BCUT2D eigenvalue weighted by Gasteiger charge is 2.27. The van der Waals surface area contributed by atoms with Gasteiger partial charge in [0.25, 0.3) is 5.91 Å². The summed E-state index contributed by atoms with van der Waals surface area (Å²) in [6, 6.07) is 7.33.